The quantitative estimate of drug-likeness (QED) is 0.507. The Morgan fingerprint density at radius 3 is 2.65 bits per heavy atom. The Bertz CT molecular complexity index is 1170. The van der Waals surface area contributed by atoms with Crippen LogP contribution in [-0.2, 0) is 22.7 Å². The number of nitrogens with zero attached hydrogens (tertiary/aromatic N) is 3. The Morgan fingerprint density at radius 2 is 1.91 bits per heavy atom. The number of benzene rings is 2. The first-order valence-corrected chi connectivity index (χ1v) is 11.4. The summed E-state index contributed by atoms with van der Waals surface area (Å²) in [5, 5.41) is 0. The molecule has 0 saturated heterocycles. The van der Waals surface area contributed by atoms with E-state index in [0.29, 0.717) is 30.9 Å². The van der Waals surface area contributed by atoms with Gasteiger partial charge in [0, 0.05) is 25.5 Å². The van der Waals surface area contributed by atoms with Crippen molar-refractivity contribution in [2.24, 2.45) is 0 Å². The molecule has 0 N–H and O–H groups in total. The highest BCUT2D eigenvalue weighted by Gasteiger charge is 2.35. The van der Waals surface area contributed by atoms with Gasteiger partial charge < -0.3 is 14.4 Å². The van der Waals surface area contributed by atoms with Crippen LogP contribution in [0.2, 0.25) is 0 Å². The van der Waals surface area contributed by atoms with Gasteiger partial charge in [0.15, 0.2) is 6.10 Å². The number of rotatable bonds is 8. The first-order chi connectivity index (χ1) is 16.5. The molecule has 2 heterocycles. The fourth-order valence-electron chi connectivity index (χ4n) is 4.03. The summed E-state index contributed by atoms with van der Waals surface area (Å²) in [7, 11) is 1.62. The van der Waals surface area contributed by atoms with Crippen LogP contribution in [0.25, 0.3) is 0 Å². The largest absolute Gasteiger partial charge is 0.497 e. The minimum atomic E-state index is -0.604. The zero-order valence-electron chi connectivity index (χ0n) is 19.7. The second-order valence-corrected chi connectivity index (χ2v) is 8.37. The van der Waals surface area contributed by atoms with Crippen LogP contribution < -0.4 is 14.4 Å². The number of methoxy groups -OCH3 is 1. The number of carbonyl (C=O) groups is 2. The summed E-state index contributed by atoms with van der Waals surface area (Å²) in [6.45, 7) is 4.54. The molecule has 7 nitrogen and oxygen atoms in total. The molecule has 0 fully saturated rings. The van der Waals surface area contributed by atoms with Gasteiger partial charge in [0.2, 0.25) is 5.91 Å². The van der Waals surface area contributed by atoms with Crippen LogP contribution in [0, 0.1) is 6.92 Å². The normalized spacial score (nSPS) is 14.9. The molecule has 7 heteroatoms. The van der Waals surface area contributed by atoms with E-state index < -0.39 is 6.10 Å². The molecular formula is C27H29N3O4. The molecule has 2 aromatic carbocycles. The van der Waals surface area contributed by atoms with E-state index in [1.807, 2.05) is 68.4 Å². The number of aromatic nitrogens is 1. The van der Waals surface area contributed by atoms with Crippen LogP contribution >= 0.6 is 0 Å². The molecule has 34 heavy (non-hydrogen) atoms. The lowest BCUT2D eigenvalue weighted by atomic mass is 10.1. The molecule has 0 spiro atoms. The molecule has 1 aliphatic rings. The Hall–Kier alpha value is -3.87. The van der Waals surface area contributed by atoms with E-state index in [1.165, 1.54) is 0 Å². The fourth-order valence-corrected chi connectivity index (χ4v) is 4.03. The van der Waals surface area contributed by atoms with Crippen molar-refractivity contribution >= 4 is 17.5 Å². The van der Waals surface area contributed by atoms with E-state index in [4.69, 9.17) is 9.47 Å². The van der Waals surface area contributed by atoms with Gasteiger partial charge in [-0.2, -0.15) is 0 Å². The van der Waals surface area contributed by atoms with Gasteiger partial charge in [-0.05, 0) is 60.4 Å². The number of carbonyl (C=O) groups excluding carboxylic acids is 2. The van der Waals surface area contributed by atoms with Crippen LogP contribution in [0.4, 0.5) is 5.69 Å². The highest BCUT2D eigenvalue weighted by molar-refractivity contribution is 6.03. The molecule has 1 atom stereocenters. The van der Waals surface area contributed by atoms with E-state index >= 15 is 0 Å². The van der Waals surface area contributed by atoms with Crippen molar-refractivity contribution < 1.29 is 19.1 Å². The van der Waals surface area contributed by atoms with Crippen LogP contribution in [0.5, 0.6) is 11.5 Å². The lowest BCUT2D eigenvalue weighted by Gasteiger charge is -2.35. The van der Waals surface area contributed by atoms with Gasteiger partial charge in [-0.1, -0.05) is 31.2 Å². The van der Waals surface area contributed by atoms with Crippen molar-refractivity contribution in [3.05, 3.63) is 83.7 Å². The summed E-state index contributed by atoms with van der Waals surface area (Å²) in [6.07, 6.45) is 3.37. The molecule has 0 radical (unpaired) electrons. The highest BCUT2D eigenvalue weighted by Crippen LogP contribution is 2.35. The summed E-state index contributed by atoms with van der Waals surface area (Å²) in [5.41, 5.74) is 3.47. The molecule has 0 unspecified atom stereocenters. The van der Waals surface area contributed by atoms with Crippen molar-refractivity contribution in [3.8, 4) is 11.5 Å². The van der Waals surface area contributed by atoms with Crippen LogP contribution in [0.15, 0.2) is 67.0 Å². The summed E-state index contributed by atoms with van der Waals surface area (Å²) in [5.74, 6) is 0.988. The van der Waals surface area contributed by atoms with Gasteiger partial charge >= 0.3 is 0 Å². The SMILES string of the molecule is CC[C@H]1Oc2ccc(C)cc2N(CC(=O)N(Cc2cccnc2)Cc2cccc(OC)c2)C1=O. The molecule has 0 bridgehead atoms. The molecule has 0 aliphatic carbocycles. The Labute approximate surface area is 199 Å². The van der Waals surface area contributed by atoms with E-state index in [-0.39, 0.29) is 18.4 Å². The Morgan fingerprint density at radius 1 is 1.12 bits per heavy atom. The maximum atomic E-state index is 13.6. The van der Waals surface area contributed by atoms with Gasteiger partial charge in [-0.25, -0.2) is 0 Å². The number of pyridine rings is 1. The summed E-state index contributed by atoms with van der Waals surface area (Å²) >= 11 is 0. The maximum absolute atomic E-state index is 13.6. The van der Waals surface area contributed by atoms with Gasteiger partial charge in [0.05, 0.1) is 12.8 Å². The van der Waals surface area contributed by atoms with Crippen LogP contribution in [0.1, 0.15) is 30.0 Å². The zero-order chi connectivity index (χ0) is 24.1. The van der Waals surface area contributed by atoms with E-state index in [9.17, 15) is 9.59 Å². The molecule has 2 amide bonds. The minimum Gasteiger partial charge on any atom is -0.497 e. The van der Waals surface area contributed by atoms with Crippen molar-refractivity contribution in [1.29, 1.82) is 0 Å². The summed E-state index contributed by atoms with van der Waals surface area (Å²) in [6, 6.07) is 17.1. The third-order valence-corrected chi connectivity index (χ3v) is 5.84. The first kappa shape index (κ1) is 23.3. The maximum Gasteiger partial charge on any atom is 0.268 e. The number of aryl methyl sites for hydroxylation is 1. The van der Waals surface area contributed by atoms with Gasteiger partial charge in [-0.3, -0.25) is 19.5 Å². The average molecular weight is 460 g/mol. The summed E-state index contributed by atoms with van der Waals surface area (Å²) < 4.78 is 11.2. The second kappa shape index (κ2) is 10.4. The lowest BCUT2D eigenvalue weighted by Crippen LogP contribution is -2.50. The number of hydrogen-bond donors (Lipinski definition) is 0. The predicted molar refractivity (Wildman–Crippen MR) is 130 cm³/mol. The number of amides is 2. The number of ether oxygens (including phenoxy) is 2. The van der Waals surface area contributed by atoms with Crippen molar-refractivity contribution in [1.82, 2.24) is 9.88 Å². The minimum absolute atomic E-state index is 0.0701. The van der Waals surface area contributed by atoms with E-state index in [1.54, 1.807) is 29.3 Å². The van der Waals surface area contributed by atoms with Gasteiger partial charge in [0.1, 0.15) is 18.0 Å². The third kappa shape index (κ3) is 5.20. The zero-order valence-corrected chi connectivity index (χ0v) is 19.7. The topological polar surface area (TPSA) is 72.0 Å². The van der Waals surface area contributed by atoms with Crippen molar-refractivity contribution in [2.75, 3.05) is 18.6 Å². The van der Waals surface area contributed by atoms with Crippen molar-refractivity contribution in [2.45, 2.75) is 39.5 Å². The lowest BCUT2D eigenvalue weighted by molar-refractivity contribution is -0.134. The Kier molecular flexibility index (Phi) is 7.11. The van der Waals surface area contributed by atoms with E-state index in [0.717, 1.165) is 22.4 Å². The van der Waals surface area contributed by atoms with Crippen molar-refractivity contribution in [3.63, 3.8) is 0 Å². The predicted octanol–water partition coefficient (Wildman–Crippen LogP) is 4.13. The second-order valence-electron chi connectivity index (χ2n) is 8.37. The number of anilines is 1. The highest BCUT2D eigenvalue weighted by atomic mass is 16.5. The molecule has 1 aliphatic heterocycles. The van der Waals surface area contributed by atoms with E-state index in [2.05, 4.69) is 4.98 Å². The molecule has 0 saturated carbocycles. The third-order valence-electron chi connectivity index (χ3n) is 5.84. The van der Waals surface area contributed by atoms with Gasteiger partial charge in [-0.15, -0.1) is 0 Å². The average Bonchev–Trinajstić information content (AvgIpc) is 2.86. The Balaban J connectivity index is 1.63. The smallest absolute Gasteiger partial charge is 0.268 e. The summed E-state index contributed by atoms with van der Waals surface area (Å²) in [4.78, 5) is 34.3. The van der Waals surface area contributed by atoms with Crippen LogP contribution in [0.3, 0.4) is 0 Å². The van der Waals surface area contributed by atoms with Crippen LogP contribution in [-0.4, -0.2) is 41.5 Å². The number of hydrogen-bond acceptors (Lipinski definition) is 5. The van der Waals surface area contributed by atoms with Gasteiger partial charge in [0.25, 0.3) is 5.91 Å². The molecular weight excluding hydrogens is 430 g/mol. The molecule has 4 rings (SSSR count). The molecule has 176 valence electrons. The molecule has 1 aromatic heterocycles. The monoisotopic (exact) mass is 459 g/mol. The first-order valence-electron chi connectivity index (χ1n) is 11.4. The standard InChI is InChI=1S/C27H29N3O4/c1-4-24-27(32)30(23-13-19(2)10-11-25(23)34-24)18-26(31)29(17-21-8-6-12-28-15-21)16-20-7-5-9-22(14-20)33-3/h5-15,24H,4,16-18H2,1-3H3/t24-/m1/s1. The fraction of sp³-hybridized carbons (Fsp3) is 0.296. The molecule has 3 aromatic rings. The number of fused-ring (bicyclic) bond motifs is 1.